The van der Waals surface area contributed by atoms with E-state index in [2.05, 4.69) is 33.0 Å². The van der Waals surface area contributed by atoms with Crippen molar-refractivity contribution in [3.05, 3.63) is 59.1 Å². The van der Waals surface area contributed by atoms with E-state index in [1.165, 1.54) is 22.5 Å². The van der Waals surface area contributed by atoms with E-state index in [1.54, 1.807) is 23.5 Å². The lowest BCUT2D eigenvalue weighted by Gasteiger charge is -2.36. The number of anilines is 1. The summed E-state index contributed by atoms with van der Waals surface area (Å²) in [6.45, 7) is 5.28. The molecule has 0 saturated carbocycles. The Kier molecular flexibility index (Phi) is 6.58. The summed E-state index contributed by atoms with van der Waals surface area (Å²) >= 11 is 1.71. The van der Waals surface area contributed by atoms with Crippen LogP contribution in [0.5, 0.6) is 0 Å². The van der Waals surface area contributed by atoms with Gasteiger partial charge >= 0.3 is 6.18 Å². The van der Waals surface area contributed by atoms with Crippen LogP contribution in [-0.4, -0.2) is 42.6 Å². The summed E-state index contributed by atoms with van der Waals surface area (Å²) in [5.41, 5.74) is 4.69. The lowest BCUT2D eigenvalue weighted by atomic mass is 10.0. The number of fused-ring (bicyclic) bond motifs is 1. The second kappa shape index (κ2) is 9.35. The molecule has 0 atom stereocenters. The zero-order chi connectivity index (χ0) is 21.0. The predicted octanol–water partition coefficient (Wildman–Crippen LogP) is 5.85. The van der Waals surface area contributed by atoms with Crippen molar-refractivity contribution in [2.75, 3.05) is 37.6 Å². The second-order valence-corrected chi connectivity index (χ2v) is 8.67. The van der Waals surface area contributed by atoms with Gasteiger partial charge in [0.15, 0.2) is 0 Å². The zero-order valence-electron chi connectivity index (χ0n) is 16.9. The van der Waals surface area contributed by atoms with E-state index in [0.29, 0.717) is 0 Å². The molecule has 1 fully saturated rings. The van der Waals surface area contributed by atoms with Crippen LogP contribution in [0, 0.1) is 0 Å². The molecule has 0 amide bonds. The van der Waals surface area contributed by atoms with Crippen molar-refractivity contribution in [1.82, 2.24) is 9.88 Å². The van der Waals surface area contributed by atoms with Gasteiger partial charge in [0.25, 0.3) is 0 Å². The van der Waals surface area contributed by atoms with Crippen molar-refractivity contribution in [1.29, 1.82) is 0 Å². The van der Waals surface area contributed by atoms with Crippen LogP contribution in [0.2, 0.25) is 0 Å². The average molecular weight is 434 g/mol. The van der Waals surface area contributed by atoms with Crippen LogP contribution in [0.15, 0.2) is 48.0 Å². The molecule has 1 aliphatic heterocycles. The number of unbranched alkanes of at least 4 members (excludes halogenated alkanes) is 2. The fraction of sp³-hybridized carbons (Fsp3) is 0.435. The molecule has 1 saturated heterocycles. The highest BCUT2D eigenvalue weighted by atomic mass is 32.1. The Morgan fingerprint density at radius 1 is 0.900 bits per heavy atom. The maximum absolute atomic E-state index is 12.6. The highest BCUT2D eigenvalue weighted by Crippen LogP contribution is 2.31. The normalized spacial score (nSPS) is 15.8. The molecule has 0 spiro atoms. The molecule has 2 aromatic carbocycles. The lowest BCUT2D eigenvalue weighted by Crippen LogP contribution is -2.46. The Labute approximate surface area is 179 Å². The molecule has 0 radical (unpaired) electrons. The van der Waals surface area contributed by atoms with Gasteiger partial charge in [-0.15, -0.1) is 11.3 Å². The van der Waals surface area contributed by atoms with E-state index in [0.717, 1.165) is 69.5 Å². The van der Waals surface area contributed by atoms with Gasteiger partial charge in [0.2, 0.25) is 0 Å². The van der Waals surface area contributed by atoms with Gasteiger partial charge in [-0.05, 0) is 55.6 Å². The molecule has 1 aromatic heterocycles. The van der Waals surface area contributed by atoms with Crippen LogP contribution in [-0.2, 0) is 12.6 Å². The van der Waals surface area contributed by atoms with Crippen LogP contribution in [0.25, 0.3) is 10.2 Å². The number of hydrogen-bond donors (Lipinski definition) is 0. The van der Waals surface area contributed by atoms with Crippen LogP contribution >= 0.6 is 11.3 Å². The van der Waals surface area contributed by atoms with Gasteiger partial charge in [0.05, 0.1) is 27.0 Å². The Balaban J connectivity index is 1.16. The summed E-state index contributed by atoms with van der Waals surface area (Å²) in [5, 5.41) is 0. The van der Waals surface area contributed by atoms with Gasteiger partial charge in [0, 0.05) is 26.2 Å². The maximum Gasteiger partial charge on any atom is 0.416 e. The molecule has 160 valence electrons. The monoisotopic (exact) mass is 433 g/mol. The summed E-state index contributed by atoms with van der Waals surface area (Å²) < 4.78 is 39.1. The molecule has 3 nitrogen and oxygen atoms in total. The number of benzene rings is 2. The number of alkyl halides is 3. The van der Waals surface area contributed by atoms with Gasteiger partial charge in [-0.1, -0.05) is 24.6 Å². The number of aromatic nitrogens is 1. The number of rotatable bonds is 7. The predicted molar refractivity (Wildman–Crippen MR) is 117 cm³/mol. The minimum Gasteiger partial charge on any atom is -0.368 e. The minimum atomic E-state index is -4.25. The Hall–Kier alpha value is -2.12. The van der Waals surface area contributed by atoms with Crippen LogP contribution in [0.3, 0.4) is 0 Å². The second-order valence-electron chi connectivity index (χ2n) is 7.81. The first kappa shape index (κ1) is 21.1. The van der Waals surface area contributed by atoms with Crippen molar-refractivity contribution in [3.63, 3.8) is 0 Å². The molecule has 7 heteroatoms. The summed E-state index contributed by atoms with van der Waals surface area (Å²) in [7, 11) is 0. The molecular formula is C23H26F3N3S. The first-order chi connectivity index (χ1) is 14.5. The van der Waals surface area contributed by atoms with Crippen molar-refractivity contribution in [2.45, 2.75) is 31.9 Å². The molecule has 1 aliphatic rings. The standard InChI is InChI=1S/C23H26F3N3S/c24-23(25,26)19-10-8-18(9-11-19)5-2-1-3-12-28-13-15-29(16-14-28)21-7-4-6-20-22(21)30-17-27-20/h4,6-11,17H,1-3,5,12-16H2. The Morgan fingerprint density at radius 3 is 2.40 bits per heavy atom. The van der Waals surface area contributed by atoms with Gasteiger partial charge < -0.3 is 4.90 Å². The van der Waals surface area contributed by atoms with Gasteiger partial charge in [-0.3, -0.25) is 4.90 Å². The number of aryl methyl sites for hydroxylation is 1. The number of halogens is 3. The highest BCUT2D eigenvalue weighted by Gasteiger charge is 2.29. The first-order valence-electron chi connectivity index (χ1n) is 10.5. The van der Waals surface area contributed by atoms with E-state index >= 15 is 0 Å². The molecule has 4 rings (SSSR count). The molecule has 30 heavy (non-hydrogen) atoms. The third kappa shape index (κ3) is 5.13. The van der Waals surface area contributed by atoms with Gasteiger partial charge in [0.1, 0.15) is 0 Å². The van der Waals surface area contributed by atoms with Gasteiger partial charge in [-0.25, -0.2) is 4.98 Å². The number of piperazine rings is 1. The molecular weight excluding hydrogens is 407 g/mol. The van der Waals surface area contributed by atoms with Crippen molar-refractivity contribution < 1.29 is 13.2 Å². The third-order valence-electron chi connectivity index (χ3n) is 5.77. The average Bonchev–Trinajstić information content (AvgIpc) is 3.23. The maximum atomic E-state index is 12.6. The number of hydrogen-bond acceptors (Lipinski definition) is 4. The van der Waals surface area contributed by atoms with Crippen molar-refractivity contribution >= 4 is 27.2 Å². The minimum absolute atomic E-state index is 0.572. The zero-order valence-corrected chi connectivity index (χ0v) is 17.7. The van der Waals surface area contributed by atoms with E-state index in [1.807, 2.05) is 5.51 Å². The fourth-order valence-corrected chi connectivity index (χ4v) is 4.87. The smallest absolute Gasteiger partial charge is 0.368 e. The number of thiazole rings is 1. The molecule has 0 N–H and O–H groups in total. The van der Waals surface area contributed by atoms with Gasteiger partial charge in [-0.2, -0.15) is 13.2 Å². The molecule has 0 bridgehead atoms. The highest BCUT2D eigenvalue weighted by molar-refractivity contribution is 7.17. The van der Waals surface area contributed by atoms with E-state index in [4.69, 9.17) is 0 Å². The topological polar surface area (TPSA) is 19.4 Å². The van der Waals surface area contributed by atoms with Crippen LogP contribution < -0.4 is 4.90 Å². The van der Waals surface area contributed by atoms with E-state index in [-0.39, 0.29) is 0 Å². The quantitative estimate of drug-likeness (QED) is 0.436. The van der Waals surface area contributed by atoms with Crippen LogP contribution in [0.1, 0.15) is 30.4 Å². The molecule has 0 aliphatic carbocycles. The molecule has 0 unspecified atom stereocenters. The van der Waals surface area contributed by atoms with Crippen molar-refractivity contribution in [2.24, 2.45) is 0 Å². The summed E-state index contributed by atoms with van der Waals surface area (Å²) in [5.74, 6) is 0. The SMILES string of the molecule is FC(F)(F)c1ccc(CCCCCN2CCN(c3cccc4ncsc34)CC2)cc1. The van der Waals surface area contributed by atoms with Crippen LogP contribution in [0.4, 0.5) is 18.9 Å². The van der Waals surface area contributed by atoms with E-state index < -0.39 is 11.7 Å². The third-order valence-corrected chi connectivity index (χ3v) is 6.63. The number of nitrogens with zero attached hydrogens (tertiary/aromatic N) is 3. The molecule has 3 aromatic rings. The van der Waals surface area contributed by atoms with E-state index in [9.17, 15) is 13.2 Å². The molecule has 2 heterocycles. The fourth-order valence-electron chi connectivity index (χ4n) is 4.03. The Morgan fingerprint density at radius 2 is 1.67 bits per heavy atom. The summed E-state index contributed by atoms with van der Waals surface area (Å²) in [6.07, 6.45) is -0.175. The lowest BCUT2D eigenvalue weighted by molar-refractivity contribution is -0.137. The largest absolute Gasteiger partial charge is 0.416 e. The first-order valence-corrected chi connectivity index (χ1v) is 11.3. The summed E-state index contributed by atoms with van der Waals surface area (Å²) in [4.78, 5) is 9.39. The summed E-state index contributed by atoms with van der Waals surface area (Å²) in [6, 6.07) is 11.9. The van der Waals surface area contributed by atoms with Crippen molar-refractivity contribution in [3.8, 4) is 0 Å². The Bertz CT molecular complexity index is 944.